The van der Waals surface area contributed by atoms with Gasteiger partial charge in [-0.15, -0.1) is 0 Å². The van der Waals surface area contributed by atoms with E-state index in [0.29, 0.717) is 0 Å². The number of aromatic amines is 1. The van der Waals surface area contributed by atoms with Crippen LogP contribution < -0.4 is 0 Å². The molecule has 3 rings (SSSR count). The molecule has 0 radical (unpaired) electrons. The van der Waals surface area contributed by atoms with E-state index >= 15 is 0 Å². The highest BCUT2D eigenvalue weighted by Gasteiger charge is 2.36. The zero-order valence-electron chi connectivity index (χ0n) is 13.6. The Morgan fingerprint density at radius 1 is 1.07 bits per heavy atom. The van der Waals surface area contributed by atoms with Gasteiger partial charge in [-0.3, -0.25) is 0 Å². The minimum Gasteiger partial charge on any atom is -0.334 e. The van der Waals surface area contributed by atoms with Crippen LogP contribution in [0, 0.1) is 5.82 Å². The lowest BCUT2D eigenvalue weighted by Gasteiger charge is -2.06. The number of hydrogen-bond acceptors (Lipinski definition) is 3. The number of halogens is 5. The monoisotopic (exact) mass is 418 g/mol. The first kappa shape index (κ1) is 19.4. The third kappa shape index (κ3) is 3.98. The molecule has 0 bridgehead atoms. The van der Waals surface area contributed by atoms with Gasteiger partial charge in [0.05, 0.1) is 11.4 Å². The van der Waals surface area contributed by atoms with Crippen LogP contribution in [0.15, 0.2) is 47.4 Å². The summed E-state index contributed by atoms with van der Waals surface area (Å²) in [5.74, 6) is -2.34. The molecule has 10 heteroatoms. The summed E-state index contributed by atoms with van der Waals surface area (Å²) in [5.41, 5.74) is 0.106. The smallest absolute Gasteiger partial charge is 0.334 e. The standard InChI is InChI=1S/C17H11ClF4N2O2S/c1-27(25,26)13-6-5-10(8-12(13)19)15-14(9-3-2-4-11(18)7-9)23-16(24-15)17(20,21)22/h2-8H,1H3,(H,23,24). The Bertz CT molecular complexity index is 1120. The summed E-state index contributed by atoms with van der Waals surface area (Å²) in [6.07, 6.45) is -3.92. The number of benzene rings is 2. The van der Waals surface area contributed by atoms with Crippen molar-refractivity contribution >= 4 is 21.4 Å². The van der Waals surface area contributed by atoms with Crippen molar-refractivity contribution in [2.24, 2.45) is 0 Å². The van der Waals surface area contributed by atoms with Gasteiger partial charge in [-0.05, 0) is 24.3 Å². The molecule has 1 heterocycles. The number of hydrogen-bond donors (Lipinski definition) is 1. The highest BCUT2D eigenvalue weighted by atomic mass is 35.5. The molecule has 1 N–H and O–H groups in total. The first-order chi connectivity index (χ1) is 12.5. The zero-order chi connectivity index (χ0) is 20.0. The Balaban J connectivity index is 2.23. The summed E-state index contributed by atoms with van der Waals surface area (Å²) >= 11 is 5.90. The molecule has 0 unspecified atom stereocenters. The lowest BCUT2D eigenvalue weighted by atomic mass is 10.1. The molecule has 27 heavy (non-hydrogen) atoms. The predicted octanol–water partition coefficient (Wildman–Crippen LogP) is 4.96. The molecule has 4 nitrogen and oxygen atoms in total. The molecular formula is C17H11ClF4N2O2S. The van der Waals surface area contributed by atoms with Gasteiger partial charge >= 0.3 is 6.18 Å². The van der Waals surface area contributed by atoms with E-state index in [1.807, 2.05) is 0 Å². The lowest BCUT2D eigenvalue weighted by Crippen LogP contribution is -2.07. The van der Waals surface area contributed by atoms with E-state index in [-0.39, 0.29) is 27.5 Å². The van der Waals surface area contributed by atoms with Gasteiger partial charge in [0, 0.05) is 22.4 Å². The predicted molar refractivity (Wildman–Crippen MR) is 92.5 cm³/mol. The topological polar surface area (TPSA) is 62.8 Å². The Labute approximate surface area is 156 Å². The second kappa shape index (κ2) is 6.65. The quantitative estimate of drug-likeness (QED) is 0.611. The lowest BCUT2D eigenvalue weighted by molar-refractivity contribution is -0.144. The van der Waals surface area contributed by atoms with Crippen molar-refractivity contribution in [1.82, 2.24) is 9.97 Å². The van der Waals surface area contributed by atoms with Crippen LogP contribution in [0.5, 0.6) is 0 Å². The number of aromatic nitrogens is 2. The summed E-state index contributed by atoms with van der Waals surface area (Å²) < 4.78 is 76.6. The maximum atomic E-state index is 14.2. The van der Waals surface area contributed by atoms with Crippen molar-refractivity contribution in [3.05, 3.63) is 59.1 Å². The summed E-state index contributed by atoms with van der Waals surface area (Å²) in [6.45, 7) is 0. The van der Waals surface area contributed by atoms with Gasteiger partial charge in [0.15, 0.2) is 9.84 Å². The fourth-order valence-corrected chi connectivity index (χ4v) is 3.44. The van der Waals surface area contributed by atoms with E-state index in [0.717, 1.165) is 18.4 Å². The summed E-state index contributed by atoms with van der Waals surface area (Å²) in [5, 5.41) is 0.286. The van der Waals surface area contributed by atoms with Crippen LogP contribution in [-0.4, -0.2) is 24.6 Å². The molecule has 0 atom stereocenters. The highest BCUT2D eigenvalue weighted by molar-refractivity contribution is 7.90. The van der Waals surface area contributed by atoms with Crippen molar-refractivity contribution in [2.45, 2.75) is 11.1 Å². The van der Waals surface area contributed by atoms with Crippen molar-refractivity contribution in [3.63, 3.8) is 0 Å². The van der Waals surface area contributed by atoms with Gasteiger partial charge < -0.3 is 4.98 Å². The molecule has 0 aliphatic rings. The SMILES string of the molecule is CS(=O)(=O)c1ccc(-c2[nH]c(C(F)(F)F)nc2-c2cccc(Cl)c2)cc1F. The fourth-order valence-electron chi connectivity index (χ4n) is 2.52. The average molecular weight is 419 g/mol. The molecule has 0 spiro atoms. The van der Waals surface area contributed by atoms with Crippen LogP contribution in [0.25, 0.3) is 22.5 Å². The van der Waals surface area contributed by atoms with E-state index in [4.69, 9.17) is 11.6 Å². The number of H-pyrrole nitrogens is 1. The number of nitrogens with one attached hydrogen (secondary N) is 1. The van der Waals surface area contributed by atoms with Gasteiger partial charge in [-0.2, -0.15) is 13.2 Å². The summed E-state index contributed by atoms with van der Waals surface area (Å²) in [6, 6.07) is 9.06. The molecule has 0 saturated heterocycles. The first-order valence-corrected chi connectivity index (χ1v) is 9.67. The van der Waals surface area contributed by atoms with E-state index in [1.165, 1.54) is 24.3 Å². The minimum atomic E-state index is -4.75. The molecule has 1 aromatic heterocycles. The molecule has 0 fully saturated rings. The Morgan fingerprint density at radius 2 is 1.78 bits per heavy atom. The van der Waals surface area contributed by atoms with Crippen molar-refractivity contribution in [2.75, 3.05) is 6.26 Å². The van der Waals surface area contributed by atoms with E-state index in [9.17, 15) is 26.0 Å². The number of imidazole rings is 1. The summed E-state index contributed by atoms with van der Waals surface area (Å²) in [7, 11) is -3.82. The zero-order valence-corrected chi connectivity index (χ0v) is 15.2. The Kier molecular flexibility index (Phi) is 4.77. The molecule has 0 amide bonds. The maximum absolute atomic E-state index is 14.2. The fraction of sp³-hybridized carbons (Fsp3) is 0.118. The average Bonchev–Trinajstić information content (AvgIpc) is 2.99. The van der Waals surface area contributed by atoms with E-state index in [2.05, 4.69) is 9.97 Å². The number of sulfone groups is 1. The van der Waals surface area contributed by atoms with Crippen LogP contribution in [0.2, 0.25) is 5.02 Å². The number of nitrogens with zero attached hydrogens (tertiary/aromatic N) is 1. The molecular weight excluding hydrogens is 408 g/mol. The van der Waals surface area contributed by atoms with Crippen molar-refractivity contribution < 1.29 is 26.0 Å². The minimum absolute atomic E-state index is 0.0119. The van der Waals surface area contributed by atoms with Crippen LogP contribution >= 0.6 is 11.6 Å². The van der Waals surface area contributed by atoms with Crippen LogP contribution in [-0.2, 0) is 16.0 Å². The van der Waals surface area contributed by atoms with Gasteiger partial charge in [0.1, 0.15) is 10.7 Å². The van der Waals surface area contributed by atoms with Gasteiger partial charge in [-0.1, -0.05) is 29.8 Å². The van der Waals surface area contributed by atoms with Crippen LogP contribution in [0.3, 0.4) is 0 Å². The van der Waals surface area contributed by atoms with Gasteiger partial charge in [0.2, 0.25) is 5.82 Å². The molecule has 142 valence electrons. The maximum Gasteiger partial charge on any atom is 0.449 e. The highest BCUT2D eigenvalue weighted by Crippen LogP contribution is 2.37. The Morgan fingerprint density at radius 3 is 2.33 bits per heavy atom. The van der Waals surface area contributed by atoms with Crippen LogP contribution in [0.1, 0.15) is 5.82 Å². The second-order valence-electron chi connectivity index (χ2n) is 5.73. The molecule has 0 aliphatic heterocycles. The first-order valence-electron chi connectivity index (χ1n) is 7.40. The normalized spacial score (nSPS) is 12.4. The van der Waals surface area contributed by atoms with Gasteiger partial charge in [-0.25, -0.2) is 17.8 Å². The van der Waals surface area contributed by atoms with Crippen molar-refractivity contribution in [1.29, 1.82) is 0 Å². The summed E-state index contributed by atoms with van der Waals surface area (Å²) in [4.78, 5) is 5.19. The third-order valence-electron chi connectivity index (χ3n) is 3.69. The number of rotatable bonds is 3. The van der Waals surface area contributed by atoms with E-state index < -0.39 is 32.6 Å². The van der Waals surface area contributed by atoms with Crippen LogP contribution in [0.4, 0.5) is 17.6 Å². The van der Waals surface area contributed by atoms with Crippen molar-refractivity contribution in [3.8, 4) is 22.5 Å². The molecule has 0 saturated carbocycles. The second-order valence-corrected chi connectivity index (χ2v) is 8.16. The van der Waals surface area contributed by atoms with E-state index in [1.54, 1.807) is 6.07 Å². The number of alkyl halides is 3. The molecule has 2 aromatic carbocycles. The largest absolute Gasteiger partial charge is 0.449 e. The molecule has 0 aliphatic carbocycles. The third-order valence-corrected chi connectivity index (χ3v) is 5.06. The van der Waals surface area contributed by atoms with Gasteiger partial charge in [0.25, 0.3) is 0 Å². The molecule has 3 aromatic rings. The Hall–Kier alpha value is -2.39.